The molecule has 1 N–H and O–H groups in total. The van der Waals surface area contributed by atoms with Gasteiger partial charge in [0.1, 0.15) is 6.10 Å². The summed E-state index contributed by atoms with van der Waals surface area (Å²) < 4.78 is 33.2. The number of carbonyl (C=O) groups is 1. The summed E-state index contributed by atoms with van der Waals surface area (Å²) in [7, 11) is -3.74. The van der Waals surface area contributed by atoms with Crippen LogP contribution in [0.15, 0.2) is 47.4 Å². The average molecular weight is 407 g/mol. The van der Waals surface area contributed by atoms with Crippen LogP contribution in [0.1, 0.15) is 18.4 Å². The highest BCUT2D eigenvalue weighted by Gasteiger charge is 2.33. The Morgan fingerprint density at radius 1 is 1.19 bits per heavy atom. The first kappa shape index (κ1) is 18.3. The molecule has 1 atom stereocenters. The van der Waals surface area contributed by atoms with Gasteiger partial charge in [-0.1, -0.05) is 17.7 Å². The van der Waals surface area contributed by atoms with Crippen LogP contribution in [-0.4, -0.2) is 33.6 Å². The van der Waals surface area contributed by atoms with Crippen molar-refractivity contribution in [3.05, 3.63) is 53.1 Å². The minimum Gasteiger partial charge on any atom is -0.368 e. The molecule has 1 fully saturated rings. The molecule has 4 rings (SSSR count). The topological polar surface area (TPSA) is 75.7 Å². The van der Waals surface area contributed by atoms with Crippen molar-refractivity contribution >= 4 is 38.9 Å². The molecule has 6 nitrogen and oxygen atoms in total. The molecule has 0 aromatic heterocycles. The number of carbonyl (C=O) groups excluding carboxylic acids is 1. The van der Waals surface area contributed by atoms with E-state index in [1.54, 1.807) is 17.0 Å². The SMILES string of the molecule is O=C([C@@H]1CCCO1)N1CCc2ccc(NS(=O)(=O)c3ccc(Cl)cc3)cc21. The molecule has 0 aliphatic carbocycles. The average Bonchev–Trinajstić information content (AvgIpc) is 3.31. The van der Waals surface area contributed by atoms with Crippen molar-refractivity contribution in [1.82, 2.24) is 0 Å². The van der Waals surface area contributed by atoms with Crippen LogP contribution in [-0.2, 0) is 26.0 Å². The quantitative estimate of drug-likeness (QED) is 0.845. The molecule has 0 saturated carbocycles. The molecule has 27 heavy (non-hydrogen) atoms. The van der Waals surface area contributed by atoms with Gasteiger partial charge in [0.05, 0.1) is 10.6 Å². The Bertz CT molecular complexity index is 970. The Morgan fingerprint density at radius 2 is 1.96 bits per heavy atom. The lowest BCUT2D eigenvalue weighted by Crippen LogP contribution is -2.37. The molecule has 2 aromatic carbocycles. The lowest BCUT2D eigenvalue weighted by Gasteiger charge is -2.21. The van der Waals surface area contributed by atoms with Crippen LogP contribution in [0.3, 0.4) is 0 Å². The van der Waals surface area contributed by atoms with Gasteiger partial charge in [-0.15, -0.1) is 0 Å². The van der Waals surface area contributed by atoms with E-state index in [4.69, 9.17) is 16.3 Å². The number of halogens is 1. The molecule has 2 aliphatic rings. The molecule has 2 heterocycles. The van der Waals surface area contributed by atoms with Gasteiger partial charge in [-0.25, -0.2) is 8.42 Å². The van der Waals surface area contributed by atoms with Gasteiger partial charge in [0, 0.05) is 23.9 Å². The third-order valence-corrected chi connectivity index (χ3v) is 6.48. The van der Waals surface area contributed by atoms with Gasteiger partial charge < -0.3 is 9.64 Å². The lowest BCUT2D eigenvalue weighted by atomic mass is 10.1. The Balaban J connectivity index is 1.58. The van der Waals surface area contributed by atoms with Gasteiger partial charge in [0.25, 0.3) is 15.9 Å². The number of hydrogen-bond donors (Lipinski definition) is 1. The van der Waals surface area contributed by atoms with Gasteiger partial charge >= 0.3 is 0 Å². The van der Waals surface area contributed by atoms with Crippen LogP contribution < -0.4 is 9.62 Å². The zero-order chi connectivity index (χ0) is 19.0. The van der Waals surface area contributed by atoms with Gasteiger partial charge in [0.15, 0.2) is 0 Å². The van der Waals surface area contributed by atoms with E-state index >= 15 is 0 Å². The molecule has 142 valence electrons. The minimum atomic E-state index is -3.74. The van der Waals surface area contributed by atoms with Gasteiger partial charge in [-0.05, 0) is 61.2 Å². The zero-order valence-corrected chi connectivity index (χ0v) is 16.1. The van der Waals surface area contributed by atoms with Gasteiger partial charge in [0.2, 0.25) is 0 Å². The van der Waals surface area contributed by atoms with Gasteiger partial charge in [-0.2, -0.15) is 0 Å². The van der Waals surface area contributed by atoms with E-state index in [0.717, 1.165) is 30.5 Å². The second-order valence-corrected chi connectivity index (χ2v) is 8.76. The highest BCUT2D eigenvalue weighted by molar-refractivity contribution is 7.92. The van der Waals surface area contributed by atoms with E-state index < -0.39 is 16.1 Å². The van der Waals surface area contributed by atoms with E-state index in [1.165, 1.54) is 24.3 Å². The van der Waals surface area contributed by atoms with Crippen LogP contribution in [0.25, 0.3) is 0 Å². The van der Waals surface area contributed by atoms with Crippen LogP contribution in [0.2, 0.25) is 5.02 Å². The smallest absolute Gasteiger partial charge is 0.261 e. The predicted octanol–water partition coefficient (Wildman–Crippen LogP) is 3.21. The normalized spacial score (nSPS) is 19.1. The first-order chi connectivity index (χ1) is 12.9. The monoisotopic (exact) mass is 406 g/mol. The highest BCUT2D eigenvalue weighted by Crippen LogP contribution is 2.33. The fourth-order valence-electron chi connectivity index (χ4n) is 3.45. The van der Waals surface area contributed by atoms with E-state index in [0.29, 0.717) is 23.9 Å². The second-order valence-electron chi connectivity index (χ2n) is 6.64. The van der Waals surface area contributed by atoms with Crippen molar-refractivity contribution in [2.75, 3.05) is 22.8 Å². The Labute approximate surface area is 163 Å². The summed E-state index contributed by atoms with van der Waals surface area (Å²) in [4.78, 5) is 14.5. The number of nitrogens with one attached hydrogen (secondary N) is 1. The first-order valence-electron chi connectivity index (χ1n) is 8.78. The number of amides is 1. The third-order valence-electron chi connectivity index (χ3n) is 4.83. The molecule has 8 heteroatoms. The van der Waals surface area contributed by atoms with Gasteiger partial charge in [-0.3, -0.25) is 9.52 Å². The summed E-state index contributed by atoms with van der Waals surface area (Å²) in [5, 5.41) is 0.467. The van der Waals surface area contributed by atoms with Crippen molar-refractivity contribution < 1.29 is 17.9 Å². The number of fused-ring (bicyclic) bond motifs is 1. The largest absolute Gasteiger partial charge is 0.368 e. The van der Waals surface area contributed by atoms with E-state index in [-0.39, 0.29) is 10.8 Å². The fourth-order valence-corrected chi connectivity index (χ4v) is 4.62. The van der Waals surface area contributed by atoms with Crippen LogP contribution in [0, 0.1) is 0 Å². The molecule has 2 aliphatic heterocycles. The van der Waals surface area contributed by atoms with Crippen LogP contribution in [0.5, 0.6) is 0 Å². The number of nitrogens with zero attached hydrogens (tertiary/aromatic N) is 1. The Hall–Kier alpha value is -2.09. The highest BCUT2D eigenvalue weighted by atomic mass is 35.5. The summed E-state index contributed by atoms with van der Waals surface area (Å²) in [6, 6.07) is 11.2. The molecule has 1 saturated heterocycles. The number of rotatable bonds is 4. The molecule has 0 bridgehead atoms. The predicted molar refractivity (Wildman–Crippen MR) is 104 cm³/mol. The molecule has 0 radical (unpaired) electrons. The van der Waals surface area contributed by atoms with E-state index in [9.17, 15) is 13.2 Å². The summed E-state index contributed by atoms with van der Waals surface area (Å²) in [6.45, 7) is 1.19. The molecular weight excluding hydrogens is 388 g/mol. The van der Waals surface area contributed by atoms with Crippen molar-refractivity contribution in [3.8, 4) is 0 Å². The van der Waals surface area contributed by atoms with Crippen LogP contribution >= 0.6 is 11.6 Å². The molecule has 1 amide bonds. The number of ether oxygens (including phenoxy) is 1. The van der Waals surface area contributed by atoms with Crippen molar-refractivity contribution in [1.29, 1.82) is 0 Å². The van der Waals surface area contributed by atoms with Crippen molar-refractivity contribution in [3.63, 3.8) is 0 Å². The zero-order valence-electron chi connectivity index (χ0n) is 14.5. The van der Waals surface area contributed by atoms with E-state index in [2.05, 4.69) is 4.72 Å². The standard InChI is InChI=1S/C19H19ClN2O4S/c20-14-4-7-16(8-5-14)27(24,25)21-15-6-3-13-9-10-22(17(13)12-15)19(23)18-2-1-11-26-18/h3-8,12,18,21H,1-2,9-11H2/t18-/m0/s1. The van der Waals surface area contributed by atoms with Crippen LogP contribution in [0.4, 0.5) is 11.4 Å². The maximum atomic E-state index is 12.7. The summed E-state index contributed by atoms with van der Waals surface area (Å²) >= 11 is 5.82. The number of sulfonamides is 1. The van der Waals surface area contributed by atoms with Crippen molar-refractivity contribution in [2.24, 2.45) is 0 Å². The lowest BCUT2D eigenvalue weighted by molar-refractivity contribution is -0.127. The number of benzene rings is 2. The third kappa shape index (κ3) is 3.67. The Morgan fingerprint density at radius 3 is 2.67 bits per heavy atom. The number of anilines is 2. The molecule has 0 spiro atoms. The summed E-state index contributed by atoms with van der Waals surface area (Å²) in [5.41, 5.74) is 2.18. The Kier molecular flexibility index (Phi) is 4.84. The first-order valence-corrected chi connectivity index (χ1v) is 10.6. The fraction of sp³-hybridized carbons (Fsp3) is 0.316. The molecule has 2 aromatic rings. The summed E-state index contributed by atoms with van der Waals surface area (Å²) in [6.07, 6.45) is 1.97. The number of hydrogen-bond acceptors (Lipinski definition) is 4. The second kappa shape index (κ2) is 7.14. The molecule has 0 unspecified atom stereocenters. The molecular formula is C19H19ClN2O4S. The van der Waals surface area contributed by atoms with Crippen molar-refractivity contribution in [2.45, 2.75) is 30.3 Å². The maximum Gasteiger partial charge on any atom is 0.261 e. The maximum absolute atomic E-state index is 12.7. The van der Waals surface area contributed by atoms with E-state index in [1.807, 2.05) is 6.07 Å². The minimum absolute atomic E-state index is 0.0519. The summed E-state index contributed by atoms with van der Waals surface area (Å²) in [5.74, 6) is -0.0519.